The highest BCUT2D eigenvalue weighted by Crippen LogP contribution is 2.16. The van der Waals surface area contributed by atoms with Crippen molar-refractivity contribution in [3.8, 4) is 0 Å². The maximum Gasteiger partial charge on any atom is 0.345 e. The summed E-state index contributed by atoms with van der Waals surface area (Å²) < 4.78 is 0. The standard InChI is InChI=1S/C14H15NO3S/c16-9-11-3-1-10(2-4-11)7-15-8-12-5-6-13(19-12)14(17)18/h1-6,15-16H,7-9H2,(H,17,18). The van der Waals surface area contributed by atoms with Gasteiger partial charge in [0, 0.05) is 18.0 Å². The Hall–Kier alpha value is -1.69. The lowest BCUT2D eigenvalue weighted by Gasteiger charge is -2.04. The topological polar surface area (TPSA) is 69.6 Å². The highest BCUT2D eigenvalue weighted by atomic mass is 32.1. The molecule has 19 heavy (non-hydrogen) atoms. The van der Waals surface area contributed by atoms with Crippen molar-refractivity contribution in [1.29, 1.82) is 0 Å². The zero-order valence-corrected chi connectivity index (χ0v) is 11.1. The predicted octanol–water partition coefficient (Wildman–Crippen LogP) is 2.23. The maximum absolute atomic E-state index is 10.7. The van der Waals surface area contributed by atoms with E-state index >= 15 is 0 Å². The van der Waals surface area contributed by atoms with E-state index < -0.39 is 5.97 Å². The first kappa shape index (κ1) is 13.7. The van der Waals surface area contributed by atoms with Gasteiger partial charge >= 0.3 is 5.97 Å². The van der Waals surface area contributed by atoms with Gasteiger partial charge in [-0.2, -0.15) is 0 Å². The molecule has 5 heteroatoms. The van der Waals surface area contributed by atoms with Crippen LogP contribution in [0, 0.1) is 0 Å². The van der Waals surface area contributed by atoms with Crippen molar-refractivity contribution in [3.63, 3.8) is 0 Å². The highest BCUT2D eigenvalue weighted by Gasteiger charge is 2.06. The van der Waals surface area contributed by atoms with Gasteiger partial charge in [-0.3, -0.25) is 0 Å². The van der Waals surface area contributed by atoms with Gasteiger partial charge < -0.3 is 15.5 Å². The van der Waals surface area contributed by atoms with Crippen molar-refractivity contribution in [2.24, 2.45) is 0 Å². The highest BCUT2D eigenvalue weighted by molar-refractivity contribution is 7.13. The third kappa shape index (κ3) is 3.89. The number of rotatable bonds is 6. The summed E-state index contributed by atoms with van der Waals surface area (Å²) in [5.74, 6) is -0.879. The number of benzene rings is 1. The number of aromatic carboxylic acids is 1. The molecule has 100 valence electrons. The molecular formula is C14H15NO3S. The summed E-state index contributed by atoms with van der Waals surface area (Å²) in [6.07, 6.45) is 0. The van der Waals surface area contributed by atoms with Crippen molar-refractivity contribution in [3.05, 3.63) is 57.3 Å². The summed E-state index contributed by atoms with van der Waals surface area (Å²) in [6, 6.07) is 11.2. The lowest BCUT2D eigenvalue weighted by molar-refractivity contribution is 0.0702. The lowest BCUT2D eigenvalue weighted by Crippen LogP contribution is -2.11. The van der Waals surface area contributed by atoms with Crippen molar-refractivity contribution in [2.45, 2.75) is 19.7 Å². The molecule has 1 aromatic heterocycles. The molecule has 0 spiro atoms. The molecule has 2 aromatic rings. The summed E-state index contributed by atoms with van der Waals surface area (Å²) in [4.78, 5) is 12.1. The SMILES string of the molecule is O=C(O)c1ccc(CNCc2ccc(CO)cc2)s1. The van der Waals surface area contributed by atoms with Gasteiger partial charge in [-0.05, 0) is 23.3 Å². The summed E-state index contributed by atoms with van der Waals surface area (Å²) in [5, 5.41) is 21.0. The van der Waals surface area contributed by atoms with Crippen molar-refractivity contribution < 1.29 is 15.0 Å². The molecule has 0 aliphatic carbocycles. The molecule has 0 fully saturated rings. The van der Waals surface area contributed by atoms with Crippen LogP contribution < -0.4 is 5.32 Å². The zero-order valence-electron chi connectivity index (χ0n) is 10.3. The van der Waals surface area contributed by atoms with E-state index in [9.17, 15) is 4.79 Å². The second kappa shape index (κ2) is 6.47. The van der Waals surface area contributed by atoms with E-state index in [1.54, 1.807) is 6.07 Å². The van der Waals surface area contributed by atoms with Gasteiger partial charge in [-0.1, -0.05) is 24.3 Å². The number of hydrogen-bond donors (Lipinski definition) is 3. The van der Waals surface area contributed by atoms with Gasteiger partial charge in [-0.25, -0.2) is 4.79 Å². The molecule has 2 rings (SSSR count). The Morgan fingerprint density at radius 1 is 1.05 bits per heavy atom. The lowest BCUT2D eigenvalue weighted by atomic mass is 10.1. The van der Waals surface area contributed by atoms with Crippen molar-refractivity contribution >= 4 is 17.3 Å². The van der Waals surface area contributed by atoms with Gasteiger partial charge in [0.05, 0.1) is 6.61 Å². The van der Waals surface area contributed by atoms with Crippen LogP contribution in [0.15, 0.2) is 36.4 Å². The number of carboxylic acid groups (broad SMARTS) is 1. The number of aliphatic hydroxyl groups is 1. The molecule has 0 saturated heterocycles. The van der Waals surface area contributed by atoms with E-state index in [0.717, 1.165) is 16.0 Å². The van der Waals surface area contributed by atoms with Crippen LogP contribution >= 0.6 is 11.3 Å². The Morgan fingerprint density at radius 3 is 2.32 bits per heavy atom. The Labute approximate surface area is 115 Å². The molecule has 0 amide bonds. The fraction of sp³-hybridized carbons (Fsp3) is 0.214. The minimum Gasteiger partial charge on any atom is -0.477 e. The zero-order chi connectivity index (χ0) is 13.7. The summed E-state index contributed by atoms with van der Waals surface area (Å²) >= 11 is 1.29. The molecule has 1 heterocycles. The molecule has 3 N–H and O–H groups in total. The molecule has 0 radical (unpaired) electrons. The van der Waals surface area contributed by atoms with Crippen LogP contribution in [0.1, 0.15) is 25.7 Å². The normalized spacial score (nSPS) is 10.6. The van der Waals surface area contributed by atoms with Gasteiger partial charge in [0.25, 0.3) is 0 Å². The van der Waals surface area contributed by atoms with E-state index in [1.165, 1.54) is 11.3 Å². The largest absolute Gasteiger partial charge is 0.477 e. The van der Waals surface area contributed by atoms with Gasteiger partial charge in [0.2, 0.25) is 0 Å². The minimum atomic E-state index is -0.879. The van der Waals surface area contributed by atoms with Gasteiger partial charge in [0.15, 0.2) is 0 Å². The maximum atomic E-state index is 10.7. The Morgan fingerprint density at radius 2 is 1.74 bits per heavy atom. The number of aliphatic hydroxyl groups excluding tert-OH is 1. The number of thiophene rings is 1. The average molecular weight is 277 g/mol. The fourth-order valence-corrected chi connectivity index (χ4v) is 2.50. The second-order valence-corrected chi connectivity index (χ2v) is 5.32. The van der Waals surface area contributed by atoms with Crippen molar-refractivity contribution in [1.82, 2.24) is 5.32 Å². The van der Waals surface area contributed by atoms with E-state index in [1.807, 2.05) is 30.3 Å². The van der Waals surface area contributed by atoms with E-state index in [-0.39, 0.29) is 6.61 Å². The third-order valence-corrected chi connectivity index (χ3v) is 3.78. The Kier molecular flexibility index (Phi) is 4.68. The molecule has 0 aliphatic rings. The molecule has 1 aromatic carbocycles. The van der Waals surface area contributed by atoms with E-state index in [4.69, 9.17) is 10.2 Å². The molecule has 0 unspecified atom stereocenters. The van der Waals surface area contributed by atoms with Crippen LogP contribution in [0.25, 0.3) is 0 Å². The minimum absolute atomic E-state index is 0.0564. The van der Waals surface area contributed by atoms with Crippen LogP contribution in [0.2, 0.25) is 0 Å². The third-order valence-electron chi connectivity index (χ3n) is 2.71. The number of carbonyl (C=O) groups is 1. The number of carboxylic acids is 1. The smallest absolute Gasteiger partial charge is 0.345 e. The van der Waals surface area contributed by atoms with Crippen molar-refractivity contribution in [2.75, 3.05) is 0 Å². The van der Waals surface area contributed by atoms with Crippen LogP contribution in [0.4, 0.5) is 0 Å². The quantitative estimate of drug-likeness (QED) is 0.757. The van der Waals surface area contributed by atoms with Crippen LogP contribution in [0.5, 0.6) is 0 Å². The number of hydrogen-bond acceptors (Lipinski definition) is 4. The monoisotopic (exact) mass is 277 g/mol. The molecule has 0 bridgehead atoms. The molecule has 0 saturated carbocycles. The Bertz CT molecular complexity index is 548. The molecule has 0 aliphatic heterocycles. The van der Waals surface area contributed by atoms with E-state index in [0.29, 0.717) is 18.0 Å². The molecule has 0 atom stereocenters. The average Bonchev–Trinajstić information content (AvgIpc) is 2.89. The van der Waals surface area contributed by atoms with Crippen LogP contribution in [0.3, 0.4) is 0 Å². The first-order valence-corrected chi connectivity index (χ1v) is 6.72. The molecular weight excluding hydrogens is 262 g/mol. The Balaban J connectivity index is 1.83. The van der Waals surface area contributed by atoms with Crippen LogP contribution in [-0.2, 0) is 19.7 Å². The van der Waals surface area contributed by atoms with Crippen LogP contribution in [-0.4, -0.2) is 16.2 Å². The van der Waals surface area contributed by atoms with Gasteiger partial charge in [0.1, 0.15) is 4.88 Å². The first-order valence-electron chi connectivity index (χ1n) is 5.90. The van der Waals surface area contributed by atoms with E-state index in [2.05, 4.69) is 5.32 Å². The first-order chi connectivity index (χ1) is 9.19. The predicted molar refractivity (Wildman–Crippen MR) is 74.2 cm³/mol. The molecule has 4 nitrogen and oxygen atoms in total. The number of nitrogens with one attached hydrogen (secondary N) is 1. The summed E-state index contributed by atoms with van der Waals surface area (Å²) in [6.45, 7) is 1.42. The summed E-state index contributed by atoms with van der Waals surface area (Å²) in [5.41, 5.74) is 2.03. The summed E-state index contributed by atoms with van der Waals surface area (Å²) in [7, 11) is 0. The fourth-order valence-electron chi connectivity index (χ4n) is 1.68. The second-order valence-electron chi connectivity index (χ2n) is 4.15. The van der Waals surface area contributed by atoms with Gasteiger partial charge in [-0.15, -0.1) is 11.3 Å².